The summed E-state index contributed by atoms with van der Waals surface area (Å²) in [5, 5.41) is 1.39. The van der Waals surface area contributed by atoms with Crippen LogP contribution in [0.4, 0.5) is 0 Å². The first kappa shape index (κ1) is 10.8. The zero-order chi connectivity index (χ0) is 9.84. The SMILES string of the molecule is CCC[C@@H](N)c1cc(Cl)ccc1Cl. The lowest BCUT2D eigenvalue weighted by Gasteiger charge is -2.12. The maximum Gasteiger partial charge on any atom is 0.0454 e. The van der Waals surface area contributed by atoms with Gasteiger partial charge in [-0.2, -0.15) is 0 Å². The largest absolute Gasteiger partial charge is 0.324 e. The molecule has 0 bridgehead atoms. The van der Waals surface area contributed by atoms with E-state index in [0.717, 1.165) is 18.4 Å². The fourth-order valence-electron chi connectivity index (χ4n) is 1.27. The third kappa shape index (κ3) is 2.87. The van der Waals surface area contributed by atoms with Crippen LogP contribution in [0.2, 0.25) is 10.0 Å². The summed E-state index contributed by atoms with van der Waals surface area (Å²) in [5.74, 6) is 0. The third-order valence-corrected chi connectivity index (χ3v) is 2.54. The topological polar surface area (TPSA) is 26.0 Å². The first-order chi connectivity index (χ1) is 6.15. The molecule has 1 rings (SSSR count). The smallest absolute Gasteiger partial charge is 0.0454 e. The van der Waals surface area contributed by atoms with Crippen molar-refractivity contribution in [1.29, 1.82) is 0 Å². The summed E-state index contributed by atoms with van der Waals surface area (Å²) in [6.07, 6.45) is 1.98. The van der Waals surface area contributed by atoms with Crippen molar-refractivity contribution < 1.29 is 0 Å². The van der Waals surface area contributed by atoms with Gasteiger partial charge in [0.1, 0.15) is 0 Å². The van der Waals surface area contributed by atoms with Crippen LogP contribution in [0.5, 0.6) is 0 Å². The lowest BCUT2D eigenvalue weighted by Crippen LogP contribution is -2.10. The van der Waals surface area contributed by atoms with Crippen LogP contribution in [0.25, 0.3) is 0 Å². The molecule has 2 N–H and O–H groups in total. The lowest BCUT2D eigenvalue weighted by molar-refractivity contribution is 0.639. The van der Waals surface area contributed by atoms with E-state index in [2.05, 4.69) is 6.92 Å². The molecule has 0 radical (unpaired) electrons. The molecule has 0 spiro atoms. The molecule has 3 heteroatoms. The lowest BCUT2D eigenvalue weighted by atomic mass is 10.0. The van der Waals surface area contributed by atoms with Gasteiger partial charge in [0.05, 0.1) is 0 Å². The Balaban J connectivity index is 2.91. The Morgan fingerprint density at radius 3 is 2.69 bits per heavy atom. The van der Waals surface area contributed by atoms with E-state index < -0.39 is 0 Å². The minimum atomic E-state index is -0.00352. The summed E-state index contributed by atoms with van der Waals surface area (Å²) in [6, 6.07) is 5.39. The van der Waals surface area contributed by atoms with E-state index in [0.29, 0.717) is 10.0 Å². The average Bonchev–Trinajstić information content (AvgIpc) is 2.09. The Morgan fingerprint density at radius 1 is 1.38 bits per heavy atom. The normalized spacial score (nSPS) is 12.9. The van der Waals surface area contributed by atoms with Crippen molar-refractivity contribution in [3.63, 3.8) is 0 Å². The predicted molar refractivity (Wildman–Crippen MR) is 58.3 cm³/mol. The summed E-state index contributed by atoms with van der Waals surface area (Å²) in [7, 11) is 0. The molecule has 1 atom stereocenters. The number of hydrogen-bond donors (Lipinski definition) is 1. The van der Waals surface area contributed by atoms with Crippen molar-refractivity contribution in [3.8, 4) is 0 Å². The molecule has 0 amide bonds. The van der Waals surface area contributed by atoms with Crippen LogP contribution >= 0.6 is 23.2 Å². The van der Waals surface area contributed by atoms with Gasteiger partial charge < -0.3 is 5.73 Å². The second-order valence-electron chi connectivity index (χ2n) is 3.06. The van der Waals surface area contributed by atoms with Crippen molar-refractivity contribution in [3.05, 3.63) is 33.8 Å². The second-order valence-corrected chi connectivity index (χ2v) is 3.90. The van der Waals surface area contributed by atoms with Gasteiger partial charge in [0.2, 0.25) is 0 Å². The number of rotatable bonds is 3. The first-order valence-corrected chi connectivity index (χ1v) is 5.11. The molecule has 0 aliphatic carbocycles. The van der Waals surface area contributed by atoms with Gasteiger partial charge in [0.15, 0.2) is 0 Å². The zero-order valence-corrected chi connectivity index (χ0v) is 9.07. The van der Waals surface area contributed by atoms with E-state index in [-0.39, 0.29) is 6.04 Å². The Labute approximate surface area is 88.8 Å². The number of benzene rings is 1. The molecule has 0 saturated heterocycles. The Hall–Kier alpha value is -0.240. The molecule has 0 aliphatic rings. The van der Waals surface area contributed by atoms with Crippen LogP contribution in [0.15, 0.2) is 18.2 Å². The van der Waals surface area contributed by atoms with Gasteiger partial charge in [0.25, 0.3) is 0 Å². The highest BCUT2D eigenvalue weighted by Crippen LogP contribution is 2.27. The van der Waals surface area contributed by atoms with Crippen molar-refractivity contribution in [2.45, 2.75) is 25.8 Å². The van der Waals surface area contributed by atoms with E-state index in [1.807, 2.05) is 6.07 Å². The molecular weight excluding hydrogens is 205 g/mol. The van der Waals surface area contributed by atoms with Crippen LogP contribution in [-0.2, 0) is 0 Å². The number of nitrogens with two attached hydrogens (primary N) is 1. The molecule has 0 fully saturated rings. The third-order valence-electron chi connectivity index (χ3n) is 1.96. The highest BCUT2D eigenvalue weighted by atomic mass is 35.5. The molecule has 0 saturated carbocycles. The maximum absolute atomic E-state index is 5.99. The summed E-state index contributed by atoms with van der Waals surface area (Å²) in [5.41, 5.74) is 6.87. The van der Waals surface area contributed by atoms with Crippen molar-refractivity contribution in [1.82, 2.24) is 0 Å². The van der Waals surface area contributed by atoms with Gasteiger partial charge in [0, 0.05) is 16.1 Å². The molecule has 0 aromatic heterocycles. The van der Waals surface area contributed by atoms with E-state index in [1.54, 1.807) is 12.1 Å². The Morgan fingerprint density at radius 2 is 2.08 bits per heavy atom. The van der Waals surface area contributed by atoms with Crippen LogP contribution < -0.4 is 5.73 Å². The Kier molecular flexibility index (Phi) is 4.04. The van der Waals surface area contributed by atoms with Gasteiger partial charge in [-0.15, -0.1) is 0 Å². The maximum atomic E-state index is 5.99. The average molecular weight is 218 g/mol. The minimum absolute atomic E-state index is 0.00352. The van der Waals surface area contributed by atoms with Gasteiger partial charge in [-0.3, -0.25) is 0 Å². The second kappa shape index (κ2) is 4.85. The fourth-order valence-corrected chi connectivity index (χ4v) is 1.70. The van der Waals surface area contributed by atoms with Gasteiger partial charge in [-0.05, 0) is 30.2 Å². The molecule has 13 heavy (non-hydrogen) atoms. The molecule has 0 aliphatic heterocycles. The van der Waals surface area contributed by atoms with E-state index in [1.165, 1.54) is 0 Å². The van der Waals surface area contributed by atoms with Crippen LogP contribution in [-0.4, -0.2) is 0 Å². The molecule has 0 unspecified atom stereocenters. The summed E-state index contributed by atoms with van der Waals surface area (Å²) >= 11 is 11.8. The molecule has 72 valence electrons. The van der Waals surface area contributed by atoms with Crippen molar-refractivity contribution >= 4 is 23.2 Å². The summed E-state index contributed by atoms with van der Waals surface area (Å²) in [4.78, 5) is 0. The van der Waals surface area contributed by atoms with Crippen LogP contribution in [0.3, 0.4) is 0 Å². The Bertz CT molecular complexity index is 286. The fraction of sp³-hybridized carbons (Fsp3) is 0.400. The highest BCUT2D eigenvalue weighted by Gasteiger charge is 2.09. The first-order valence-electron chi connectivity index (χ1n) is 4.35. The van der Waals surface area contributed by atoms with Gasteiger partial charge >= 0.3 is 0 Å². The van der Waals surface area contributed by atoms with E-state index >= 15 is 0 Å². The molecule has 0 heterocycles. The molecule has 1 nitrogen and oxygen atoms in total. The number of hydrogen-bond acceptors (Lipinski definition) is 1. The van der Waals surface area contributed by atoms with Crippen LogP contribution in [0.1, 0.15) is 31.4 Å². The monoisotopic (exact) mass is 217 g/mol. The van der Waals surface area contributed by atoms with Crippen LogP contribution in [0, 0.1) is 0 Å². The minimum Gasteiger partial charge on any atom is -0.324 e. The standard InChI is InChI=1S/C10H13Cl2N/c1-2-3-10(13)8-6-7(11)4-5-9(8)12/h4-6,10H,2-3,13H2,1H3/t10-/m1/s1. The van der Waals surface area contributed by atoms with Gasteiger partial charge in [-0.25, -0.2) is 0 Å². The van der Waals surface area contributed by atoms with E-state index in [9.17, 15) is 0 Å². The summed E-state index contributed by atoms with van der Waals surface area (Å²) < 4.78 is 0. The predicted octanol–water partition coefficient (Wildman–Crippen LogP) is 3.79. The van der Waals surface area contributed by atoms with Crippen molar-refractivity contribution in [2.75, 3.05) is 0 Å². The van der Waals surface area contributed by atoms with Gasteiger partial charge in [-0.1, -0.05) is 36.5 Å². The van der Waals surface area contributed by atoms with Crippen molar-refractivity contribution in [2.24, 2.45) is 5.73 Å². The zero-order valence-electron chi connectivity index (χ0n) is 7.56. The van der Waals surface area contributed by atoms with E-state index in [4.69, 9.17) is 28.9 Å². The number of halogens is 2. The molecule has 1 aromatic rings. The summed E-state index contributed by atoms with van der Waals surface area (Å²) in [6.45, 7) is 2.10. The molecule has 1 aromatic carbocycles. The molecular formula is C10H13Cl2N. The highest BCUT2D eigenvalue weighted by molar-refractivity contribution is 6.33. The quantitative estimate of drug-likeness (QED) is 0.820.